The van der Waals surface area contributed by atoms with Crippen molar-refractivity contribution in [3.05, 3.63) is 95.0 Å². The lowest BCUT2D eigenvalue weighted by molar-refractivity contribution is -0.118. The number of hydrogen-bond acceptors (Lipinski definition) is 6. The molecule has 0 spiro atoms. The van der Waals surface area contributed by atoms with Crippen molar-refractivity contribution in [1.29, 1.82) is 0 Å². The first-order valence-corrected chi connectivity index (χ1v) is 12.2. The van der Waals surface area contributed by atoms with Crippen molar-refractivity contribution in [2.75, 3.05) is 11.1 Å². The summed E-state index contributed by atoms with van der Waals surface area (Å²) in [5.74, 6) is -0.215. The van der Waals surface area contributed by atoms with Gasteiger partial charge in [-0.05, 0) is 34.9 Å². The van der Waals surface area contributed by atoms with Gasteiger partial charge in [0.05, 0.1) is 5.75 Å². The van der Waals surface area contributed by atoms with Crippen LogP contribution in [0.15, 0.2) is 83.2 Å². The Morgan fingerprint density at radius 3 is 2.33 bits per heavy atom. The molecule has 6 nitrogen and oxygen atoms in total. The van der Waals surface area contributed by atoms with Crippen molar-refractivity contribution in [2.24, 2.45) is 0 Å². The van der Waals surface area contributed by atoms with Crippen LogP contribution in [0.4, 0.5) is 5.13 Å². The van der Waals surface area contributed by atoms with Crippen LogP contribution in [0, 0.1) is 0 Å². The average Bonchev–Trinajstić information content (AvgIpc) is 3.30. The van der Waals surface area contributed by atoms with Gasteiger partial charge in [0.15, 0.2) is 4.34 Å². The zero-order valence-corrected chi connectivity index (χ0v) is 19.7. The quantitative estimate of drug-likeness (QED) is 0.249. The molecule has 33 heavy (non-hydrogen) atoms. The van der Waals surface area contributed by atoms with Gasteiger partial charge in [-0.2, -0.15) is 0 Å². The van der Waals surface area contributed by atoms with Crippen LogP contribution in [-0.2, 0) is 11.3 Å². The van der Waals surface area contributed by atoms with E-state index in [1.807, 2.05) is 60.7 Å². The fraction of sp³-hybridized carbons (Fsp3) is 0.0833. The maximum atomic E-state index is 12.5. The van der Waals surface area contributed by atoms with E-state index < -0.39 is 0 Å². The van der Waals surface area contributed by atoms with Gasteiger partial charge >= 0.3 is 0 Å². The third kappa shape index (κ3) is 6.41. The van der Waals surface area contributed by atoms with E-state index in [1.165, 1.54) is 23.1 Å². The van der Waals surface area contributed by atoms with Crippen LogP contribution in [-0.4, -0.2) is 27.8 Å². The van der Waals surface area contributed by atoms with Crippen molar-refractivity contribution < 1.29 is 9.59 Å². The van der Waals surface area contributed by atoms with Gasteiger partial charge in [0, 0.05) is 17.1 Å². The molecule has 0 aliphatic heterocycles. The van der Waals surface area contributed by atoms with E-state index in [-0.39, 0.29) is 17.6 Å². The van der Waals surface area contributed by atoms with Gasteiger partial charge in [0.2, 0.25) is 11.0 Å². The highest BCUT2D eigenvalue weighted by Gasteiger charge is 2.12. The smallest absolute Gasteiger partial charge is 0.257 e. The lowest BCUT2D eigenvalue weighted by Crippen LogP contribution is -2.24. The SMILES string of the molecule is O=C(CSc1nnc(NC(=O)c2ccc(-c3ccccc3)cc2)s1)NCc1ccccc1Cl. The Morgan fingerprint density at radius 2 is 1.58 bits per heavy atom. The molecule has 166 valence electrons. The zero-order chi connectivity index (χ0) is 23.0. The highest BCUT2D eigenvalue weighted by atomic mass is 35.5. The lowest BCUT2D eigenvalue weighted by atomic mass is 10.0. The van der Waals surface area contributed by atoms with Crippen molar-refractivity contribution >= 4 is 51.6 Å². The third-order valence-corrected chi connectivity index (χ3v) is 6.98. The van der Waals surface area contributed by atoms with E-state index in [4.69, 9.17) is 11.6 Å². The summed E-state index contributed by atoms with van der Waals surface area (Å²) < 4.78 is 0.595. The number of amides is 2. The summed E-state index contributed by atoms with van der Waals surface area (Å²) in [5.41, 5.74) is 3.51. The van der Waals surface area contributed by atoms with Crippen LogP contribution in [0.2, 0.25) is 5.02 Å². The molecule has 0 unspecified atom stereocenters. The topological polar surface area (TPSA) is 84.0 Å². The van der Waals surface area contributed by atoms with Gasteiger partial charge in [-0.25, -0.2) is 0 Å². The fourth-order valence-electron chi connectivity index (χ4n) is 2.95. The van der Waals surface area contributed by atoms with E-state index in [0.717, 1.165) is 16.7 Å². The van der Waals surface area contributed by atoms with Gasteiger partial charge in [-0.3, -0.25) is 14.9 Å². The molecule has 3 aromatic carbocycles. The molecule has 9 heteroatoms. The van der Waals surface area contributed by atoms with Gasteiger partial charge in [-0.15, -0.1) is 10.2 Å². The predicted octanol–water partition coefficient (Wildman–Crippen LogP) is 5.52. The van der Waals surface area contributed by atoms with Crippen molar-refractivity contribution in [3.8, 4) is 11.1 Å². The maximum Gasteiger partial charge on any atom is 0.257 e. The standard InChI is InChI=1S/C24H19ClN4O2S2/c25-20-9-5-4-8-19(20)14-26-21(30)15-32-24-29-28-23(33-24)27-22(31)18-12-10-17(11-13-18)16-6-2-1-3-7-16/h1-13H,14-15H2,(H,26,30)(H,27,28,31). The molecule has 4 aromatic rings. The first kappa shape index (κ1) is 23.0. The van der Waals surface area contributed by atoms with E-state index in [1.54, 1.807) is 18.2 Å². The largest absolute Gasteiger partial charge is 0.351 e. The molecule has 4 rings (SSSR count). The summed E-state index contributed by atoms with van der Waals surface area (Å²) in [7, 11) is 0. The molecule has 0 saturated heterocycles. The zero-order valence-electron chi connectivity index (χ0n) is 17.3. The van der Waals surface area contributed by atoms with E-state index in [0.29, 0.717) is 26.6 Å². The summed E-state index contributed by atoms with van der Waals surface area (Å²) in [4.78, 5) is 24.6. The summed E-state index contributed by atoms with van der Waals surface area (Å²) in [6.45, 7) is 0.361. The third-order valence-electron chi connectivity index (χ3n) is 4.64. The number of nitrogens with zero attached hydrogens (tertiary/aromatic N) is 2. The minimum absolute atomic E-state index is 0.140. The number of anilines is 1. The number of hydrogen-bond donors (Lipinski definition) is 2. The monoisotopic (exact) mass is 494 g/mol. The fourth-order valence-corrected chi connectivity index (χ4v) is 4.73. The van der Waals surface area contributed by atoms with Crippen LogP contribution in [0.25, 0.3) is 11.1 Å². The van der Waals surface area contributed by atoms with E-state index >= 15 is 0 Å². The lowest BCUT2D eigenvalue weighted by Gasteiger charge is -2.06. The van der Waals surface area contributed by atoms with E-state index in [2.05, 4.69) is 20.8 Å². The Labute approximate surface area is 204 Å². The van der Waals surface area contributed by atoms with E-state index in [9.17, 15) is 9.59 Å². The van der Waals surface area contributed by atoms with Gasteiger partial charge in [-0.1, -0.05) is 95.4 Å². The highest BCUT2D eigenvalue weighted by Crippen LogP contribution is 2.26. The number of rotatable bonds is 8. The minimum atomic E-state index is -0.264. The van der Waals surface area contributed by atoms with Crippen molar-refractivity contribution in [1.82, 2.24) is 15.5 Å². The van der Waals surface area contributed by atoms with Crippen molar-refractivity contribution in [3.63, 3.8) is 0 Å². The molecule has 2 amide bonds. The Morgan fingerprint density at radius 1 is 0.879 bits per heavy atom. The first-order valence-electron chi connectivity index (χ1n) is 10.0. The number of halogens is 1. The molecule has 2 N–H and O–H groups in total. The first-order chi connectivity index (χ1) is 16.1. The summed E-state index contributed by atoms with van der Waals surface area (Å²) in [6.07, 6.45) is 0. The molecule has 0 fully saturated rings. The summed E-state index contributed by atoms with van der Waals surface area (Å²) >= 11 is 8.58. The Balaban J connectivity index is 1.26. The van der Waals surface area contributed by atoms with Gasteiger partial charge in [0.25, 0.3) is 5.91 Å². The summed E-state index contributed by atoms with van der Waals surface area (Å²) in [6, 6.07) is 24.7. The summed E-state index contributed by atoms with van der Waals surface area (Å²) in [5, 5.41) is 14.6. The highest BCUT2D eigenvalue weighted by molar-refractivity contribution is 8.01. The second-order valence-electron chi connectivity index (χ2n) is 6.93. The van der Waals surface area contributed by atoms with Crippen LogP contribution in [0.5, 0.6) is 0 Å². The molecule has 0 saturated carbocycles. The molecular formula is C24H19ClN4O2S2. The molecule has 1 heterocycles. The average molecular weight is 495 g/mol. The Kier molecular flexibility index (Phi) is 7.72. The maximum absolute atomic E-state index is 12.5. The number of carbonyl (C=O) groups is 2. The predicted molar refractivity (Wildman–Crippen MR) is 134 cm³/mol. The molecule has 0 aliphatic rings. The normalized spacial score (nSPS) is 10.6. The molecule has 1 aromatic heterocycles. The number of carbonyl (C=O) groups excluding carboxylic acids is 2. The number of nitrogens with one attached hydrogen (secondary N) is 2. The second-order valence-corrected chi connectivity index (χ2v) is 9.53. The Hall–Kier alpha value is -3.20. The van der Waals surface area contributed by atoms with Crippen LogP contribution in [0.3, 0.4) is 0 Å². The van der Waals surface area contributed by atoms with Crippen LogP contribution < -0.4 is 10.6 Å². The number of benzene rings is 3. The van der Waals surface area contributed by atoms with Crippen LogP contribution in [0.1, 0.15) is 15.9 Å². The second kappa shape index (κ2) is 11.1. The number of aromatic nitrogens is 2. The molecule has 0 bridgehead atoms. The Bertz CT molecular complexity index is 1250. The molecule has 0 radical (unpaired) electrons. The molecular weight excluding hydrogens is 476 g/mol. The molecule has 0 atom stereocenters. The molecule has 0 aliphatic carbocycles. The van der Waals surface area contributed by atoms with Crippen molar-refractivity contribution in [2.45, 2.75) is 10.9 Å². The van der Waals surface area contributed by atoms with Gasteiger partial charge < -0.3 is 5.32 Å². The minimum Gasteiger partial charge on any atom is -0.351 e. The number of thioether (sulfide) groups is 1. The van der Waals surface area contributed by atoms with Crippen LogP contribution >= 0.6 is 34.7 Å². The van der Waals surface area contributed by atoms with Gasteiger partial charge in [0.1, 0.15) is 0 Å².